The van der Waals surface area contributed by atoms with E-state index in [4.69, 9.17) is 4.74 Å². The summed E-state index contributed by atoms with van der Waals surface area (Å²) in [5, 5.41) is 16.2. The van der Waals surface area contributed by atoms with E-state index in [0.717, 1.165) is 13.0 Å². The molecule has 0 aromatic heterocycles. The van der Waals surface area contributed by atoms with Crippen molar-refractivity contribution in [2.75, 3.05) is 33.1 Å². The molecule has 1 aromatic rings. The summed E-state index contributed by atoms with van der Waals surface area (Å²) in [5.74, 6) is 0.241. The number of nitro groups is 1. The minimum Gasteiger partial charge on any atom is -0.494 e. The summed E-state index contributed by atoms with van der Waals surface area (Å²) in [6.07, 6.45) is 0.817. The molecule has 0 heterocycles. The zero-order valence-corrected chi connectivity index (χ0v) is 13.3. The van der Waals surface area contributed by atoms with Crippen LogP contribution >= 0.6 is 0 Å². The predicted molar refractivity (Wildman–Crippen MR) is 84.4 cm³/mol. The second-order valence-electron chi connectivity index (χ2n) is 5.23. The van der Waals surface area contributed by atoms with Crippen molar-refractivity contribution in [2.24, 2.45) is 0 Å². The Morgan fingerprint density at radius 3 is 2.68 bits per heavy atom. The first-order chi connectivity index (χ1) is 10.3. The number of carbonyl (C=O) groups is 1. The molecule has 0 saturated heterocycles. The molecule has 22 heavy (non-hydrogen) atoms. The Labute approximate surface area is 129 Å². The maximum Gasteiger partial charge on any atom is 0.319 e. The fourth-order valence-corrected chi connectivity index (χ4v) is 1.80. The molecule has 2 N–H and O–H groups in total. The van der Waals surface area contributed by atoms with Crippen LogP contribution < -0.4 is 15.4 Å². The number of rotatable bonds is 7. The van der Waals surface area contributed by atoms with E-state index in [-0.39, 0.29) is 23.5 Å². The van der Waals surface area contributed by atoms with Gasteiger partial charge in [-0.05, 0) is 40.1 Å². The molecule has 0 fully saturated rings. The monoisotopic (exact) mass is 310 g/mol. The highest BCUT2D eigenvalue weighted by Gasteiger charge is 2.14. The first-order valence-corrected chi connectivity index (χ1v) is 6.88. The minimum absolute atomic E-state index is 0.00597. The van der Waals surface area contributed by atoms with Crippen molar-refractivity contribution in [3.63, 3.8) is 0 Å². The standard InChI is InChI=1S/C14H22N4O4/c1-10(7-8-17(2)3)15-14(19)16-12-6-5-11(18(20)21)9-13(12)22-4/h5-6,9-10H,7-8H2,1-4H3,(H2,15,16,19). The summed E-state index contributed by atoms with van der Waals surface area (Å²) in [6.45, 7) is 2.78. The lowest BCUT2D eigenvalue weighted by Crippen LogP contribution is -2.37. The number of nitrogens with zero attached hydrogens (tertiary/aromatic N) is 2. The lowest BCUT2D eigenvalue weighted by molar-refractivity contribution is -0.384. The number of hydrogen-bond donors (Lipinski definition) is 2. The van der Waals surface area contributed by atoms with Gasteiger partial charge in [-0.15, -0.1) is 0 Å². The molecule has 0 aliphatic rings. The number of amides is 2. The van der Waals surface area contributed by atoms with E-state index in [0.29, 0.717) is 5.69 Å². The van der Waals surface area contributed by atoms with E-state index in [9.17, 15) is 14.9 Å². The zero-order chi connectivity index (χ0) is 16.7. The highest BCUT2D eigenvalue weighted by Crippen LogP contribution is 2.28. The Morgan fingerprint density at radius 1 is 1.45 bits per heavy atom. The highest BCUT2D eigenvalue weighted by atomic mass is 16.6. The van der Waals surface area contributed by atoms with Crippen molar-refractivity contribution >= 4 is 17.4 Å². The maximum atomic E-state index is 11.9. The number of nitro benzene ring substituents is 1. The number of anilines is 1. The third-order valence-electron chi connectivity index (χ3n) is 3.03. The van der Waals surface area contributed by atoms with Crippen LogP contribution in [0, 0.1) is 10.1 Å². The molecular weight excluding hydrogens is 288 g/mol. The number of non-ortho nitro benzene ring substituents is 1. The summed E-state index contributed by atoms with van der Waals surface area (Å²) in [4.78, 5) is 24.2. The Balaban J connectivity index is 2.66. The molecule has 2 amide bonds. The van der Waals surface area contributed by atoms with Crippen LogP contribution in [0.1, 0.15) is 13.3 Å². The Kier molecular flexibility index (Phi) is 6.58. The number of methoxy groups -OCH3 is 1. The first-order valence-electron chi connectivity index (χ1n) is 6.88. The fraction of sp³-hybridized carbons (Fsp3) is 0.500. The van der Waals surface area contributed by atoms with Crippen molar-refractivity contribution in [3.8, 4) is 5.75 Å². The second kappa shape index (κ2) is 8.18. The SMILES string of the molecule is COc1cc([N+](=O)[O-])ccc1NC(=O)NC(C)CCN(C)C. The van der Waals surface area contributed by atoms with Crippen molar-refractivity contribution in [3.05, 3.63) is 28.3 Å². The molecule has 0 radical (unpaired) electrons. The molecule has 1 unspecified atom stereocenters. The van der Waals surface area contributed by atoms with Gasteiger partial charge < -0.3 is 20.3 Å². The molecule has 8 heteroatoms. The molecule has 1 aromatic carbocycles. The summed E-state index contributed by atoms with van der Waals surface area (Å²) < 4.78 is 5.07. The van der Waals surface area contributed by atoms with Crippen LogP contribution in [-0.2, 0) is 0 Å². The van der Waals surface area contributed by atoms with Gasteiger partial charge >= 0.3 is 6.03 Å². The molecule has 0 aliphatic carbocycles. The summed E-state index contributed by atoms with van der Waals surface area (Å²) in [5.41, 5.74) is 0.285. The van der Waals surface area contributed by atoms with E-state index >= 15 is 0 Å². The van der Waals surface area contributed by atoms with Gasteiger partial charge in [-0.2, -0.15) is 0 Å². The third-order valence-corrected chi connectivity index (χ3v) is 3.03. The molecule has 0 bridgehead atoms. The molecule has 0 saturated carbocycles. The molecular formula is C14H22N4O4. The summed E-state index contributed by atoms with van der Waals surface area (Å²) >= 11 is 0. The summed E-state index contributed by atoms with van der Waals surface area (Å²) in [7, 11) is 5.32. The van der Waals surface area contributed by atoms with Gasteiger partial charge in [0.05, 0.1) is 23.8 Å². The van der Waals surface area contributed by atoms with Crippen molar-refractivity contribution in [1.82, 2.24) is 10.2 Å². The zero-order valence-electron chi connectivity index (χ0n) is 13.3. The van der Waals surface area contributed by atoms with E-state index in [2.05, 4.69) is 10.6 Å². The van der Waals surface area contributed by atoms with Crippen LogP contribution in [0.25, 0.3) is 0 Å². The lowest BCUT2D eigenvalue weighted by Gasteiger charge is -2.17. The first kappa shape index (κ1) is 17.7. The fourth-order valence-electron chi connectivity index (χ4n) is 1.80. The number of ether oxygens (including phenoxy) is 1. The van der Waals surface area contributed by atoms with Gasteiger partial charge in [-0.3, -0.25) is 10.1 Å². The Bertz CT molecular complexity index is 534. The van der Waals surface area contributed by atoms with Gasteiger partial charge in [0.2, 0.25) is 0 Å². The quantitative estimate of drug-likeness (QED) is 0.593. The van der Waals surface area contributed by atoms with Gasteiger partial charge in [0.15, 0.2) is 0 Å². The van der Waals surface area contributed by atoms with Crippen molar-refractivity contribution in [1.29, 1.82) is 0 Å². The van der Waals surface area contributed by atoms with Crippen molar-refractivity contribution < 1.29 is 14.5 Å². The van der Waals surface area contributed by atoms with Crippen LogP contribution in [0.2, 0.25) is 0 Å². The second-order valence-corrected chi connectivity index (χ2v) is 5.23. The number of benzene rings is 1. The average Bonchev–Trinajstić information content (AvgIpc) is 2.45. The molecule has 1 atom stereocenters. The number of carbonyl (C=O) groups excluding carboxylic acids is 1. The molecule has 8 nitrogen and oxygen atoms in total. The molecule has 0 aliphatic heterocycles. The molecule has 0 spiro atoms. The van der Waals surface area contributed by atoms with Gasteiger partial charge in [0.1, 0.15) is 5.75 Å². The van der Waals surface area contributed by atoms with Crippen LogP contribution in [0.3, 0.4) is 0 Å². The third kappa shape index (κ3) is 5.57. The maximum absolute atomic E-state index is 11.9. The van der Waals surface area contributed by atoms with Gasteiger partial charge in [-0.25, -0.2) is 4.79 Å². The summed E-state index contributed by atoms with van der Waals surface area (Å²) in [6, 6.07) is 3.66. The normalized spacial score (nSPS) is 11.9. The van der Waals surface area contributed by atoms with E-state index in [1.807, 2.05) is 25.9 Å². The van der Waals surface area contributed by atoms with Crippen LogP contribution in [0.15, 0.2) is 18.2 Å². The highest BCUT2D eigenvalue weighted by molar-refractivity contribution is 5.91. The number of urea groups is 1. The Morgan fingerprint density at radius 2 is 2.14 bits per heavy atom. The van der Waals surface area contributed by atoms with Gasteiger partial charge in [0.25, 0.3) is 5.69 Å². The number of hydrogen-bond acceptors (Lipinski definition) is 5. The smallest absolute Gasteiger partial charge is 0.319 e. The minimum atomic E-state index is -0.518. The van der Waals surface area contributed by atoms with Crippen LogP contribution in [0.4, 0.5) is 16.2 Å². The van der Waals surface area contributed by atoms with Crippen LogP contribution in [0.5, 0.6) is 5.75 Å². The number of nitrogens with one attached hydrogen (secondary N) is 2. The lowest BCUT2D eigenvalue weighted by atomic mass is 10.2. The van der Waals surface area contributed by atoms with Gasteiger partial charge in [-0.1, -0.05) is 0 Å². The predicted octanol–water partition coefficient (Wildman–Crippen LogP) is 2.07. The van der Waals surface area contributed by atoms with E-state index in [1.54, 1.807) is 0 Å². The van der Waals surface area contributed by atoms with E-state index in [1.165, 1.54) is 25.3 Å². The largest absolute Gasteiger partial charge is 0.494 e. The van der Waals surface area contributed by atoms with Crippen LogP contribution in [-0.4, -0.2) is 49.6 Å². The Hall–Kier alpha value is -2.35. The van der Waals surface area contributed by atoms with Crippen molar-refractivity contribution in [2.45, 2.75) is 19.4 Å². The topological polar surface area (TPSA) is 96.7 Å². The molecule has 1 rings (SSSR count). The molecule has 122 valence electrons. The van der Waals surface area contributed by atoms with E-state index < -0.39 is 4.92 Å². The average molecular weight is 310 g/mol. The van der Waals surface area contributed by atoms with Gasteiger partial charge in [0, 0.05) is 12.1 Å².